The summed E-state index contributed by atoms with van der Waals surface area (Å²) in [7, 11) is 1.59. The Kier molecular flexibility index (Phi) is 6.27. The van der Waals surface area contributed by atoms with Gasteiger partial charge in [-0.15, -0.1) is 0 Å². The van der Waals surface area contributed by atoms with Gasteiger partial charge in [0.05, 0.1) is 12.6 Å². The van der Waals surface area contributed by atoms with Crippen molar-refractivity contribution in [1.82, 2.24) is 0 Å². The third-order valence-corrected chi connectivity index (χ3v) is 6.76. The SMILES string of the molecule is C=CCOC(=O)C(C(=O)OCC=C)C1c2cc(OC)ccc2N[C@]2(C)c3ccccc3C[C@@H]12. The molecule has 0 spiro atoms. The summed E-state index contributed by atoms with van der Waals surface area (Å²) in [6.07, 6.45) is 3.68. The summed E-state index contributed by atoms with van der Waals surface area (Å²) >= 11 is 0. The minimum absolute atomic E-state index is 0.0160. The molecule has 0 saturated carbocycles. The number of nitrogens with one attached hydrogen (secondary N) is 1. The van der Waals surface area contributed by atoms with Crippen molar-refractivity contribution in [2.45, 2.75) is 24.8 Å². The summed E-state index contributed by atoms with van der Waals surface area (Å²) in [6.45, 7) is 9.39. The molecule has 1 unspecified atom stereocenters. The van der Waals surface area contributed by atoms with Gasteiger partial charge in [-0.1, -0.05) is 49.6 Å². The Balaban J connectivity index is 1.88. The van der Waals surface area contributed by atoms with Gasteiger partial charge in [0.25, 0.3) is 0 Å². The molecule has 0 fully saturated rings. The van der Waals surface area contributed by atoms with E-state index in [1.165, 1.54) is 23.3 Å². The van der Waals surface area contributed by atoms with Crippen LogP contribution in [-0.4, -0.2) is 32.3 Å². The second kappa shape index (κ2) is 9.14. The maximum absolute atomic E-state index is 13.3. The maximum atomic E-state index is 13.3. The highest BCUT2D eigenvalue weighted by atomic mass is 16.6. The summed E-state index contributed by atoms with van der Waals surface area (Å²) in [6, 6.07) is 13.9. The number of benzene rings is 2. The fraction of sp³-hybridized carbons (Fsp3) is 0.333. The van der Waals surface area contributed by atoms with E-state index < -0.39 is 29.3 Å². The summed E-state index contributed by atoms with van der Waals surface area (Å²) in [5.74, 6) is -2.31. The minimum Gasteiger partial charge on any atom is -0.497 e. The highest BCUT2D eigenvalue weighted by Crippen LogP contribution is 2.57. The number of fused-ring (bicyclic) bond motifs is 4. The molecule has 0 radical (unpaired) electrons. The summed E-state index contributed by atoms with van der Waals surface area (Å²) in [4.78, 5) is 26.6. The zero-order valence-electron chi connectivity index (χ0n) is 19.0. The number of esters is 2. The molecule has 6 nitrogen and oxygen atoms in total. The summed E-state index contributed by atoms with van der Waals surface area (Å²) in [5.41, 5.74) is 3.58. The highest BCUT2D eigenvalue weighted by molar-refractivity contribution is 5.97. The largest absolute Gasteiger partial charge is 0.497 e. The Bertz CT molecular complexity index is 1070. The van der Waals surface area contributed by atoms with Crippen molar-refractivity contribution in [2.75, 3.05) is 25.6 Å². The molecular weight excluding hydrogens is 418 g/mol. The molecule has 1 heterocycles. The third-order valence-electron chi connectivity index (χ3n) is 6.76. The van der Waals surface area contributed by atoms with E-state index in [1.807, 2.05) is 30.3 Å². The lowest BCUT2D eigenvalue weighted by molar-refractivity contribution is -0.163. The van der Waals surface area contributed by atoms with Gasteiger partial charge in [0.2, 0.25) is 0 Å². The maximum Gasteiger partial charge on any atom is 0.321 e. The van der Waals surface area contributed by atoms with Crippen molar-refractivity contribution >= 4 is 17.6 Å². The molecule has 1 N–H and O–H groups in total. The van der Waals surface area contributed by atoms with Crippen LogP contribution in [0.25, 0.3) is 0 Å². The van der Waals surface area contributed by atoms with Gasteiger partial charge in [-0.3, -0.25) is 9.59 Å². The molecule has 1 aliphatic carbocycles. The first kappa shape index (κ1) is 22.6. The standard InChI is InChI=1S/C27H29NO5/c1-5-13-32-25(29)24(26(30)33-14-6-2)23-19-16-18(31-4)11-12-22(19)28-27(3)20-10-8-7-9-17(20)15-21(23)27/h5-12,16,21,23-24,28H,1-2,13-15H2,3-4H3/t21-,23?,27+/m0/s1. The second-order valence-corrected chi connectivity index (χ2v) is 8.59. The molecule has 2 aliphatic rings. The fourth-order valence-corrected chi connectivity index (χ4v) is 5.31. The van der Waals surface area contributed by atoms with Gasteiger partial charge in [-0.25, -0.2) is 0 Å². The lowest BCUT2D eigenvalue weighted by Crippen LogP contribution is -2.49. The van der Waals surface area contributed by atoms with Crippen LogP contribution in [0.5, 0.6) is 5.75 Å². The molecule has 4 rings (SSSR count). The van der Waals surface area contributed by atoms with E-state index >= 15 is 0 Å². The van der Waals surface area contributed by atoms with E-state index in [2.05, 4.69) is 37.5 Å². The number of ether oxygens (including phenoxy) is 3. The van der Waals surface area contributed by atoms with E-state index in [4.69, 9.17) is 14.2 Å². The first-order chi connectivity index (χ1) is 15.9. The molecule has 0 aromatic heterocycles. The van der Waals surface area contributed by atoms with Gasteiger partial charge in [0, 0.05) is 11.6 Å². The Morgan fingerprint density at radius 3 is 2.42 bits per heavy atom. The molecule has 0 bridgehead atoms. The monoisotopic (exact) mass is 447 g/mol. The van der Waals surface area contributed by atoms with Gasteiger partial charge in [-0.05, 0) is 54.2 Å². The van der Waals surface area contributed by atoms with Gasteiger partial charge < -0.3 is 19.5 Å². The molecule has 2 aromatic rings. The number of carbonyl (C=O) groups is 2. The molecule has 6 heteroatoms. The smallest absolute Gasteiger partial charge is 0.321 e. The van der Waals surface area contributed by atoms with Gasteiger partial charge in [0.1, 0.15) is 19.0 Å². The van der Waals surface area contributed by atoms with E-state index in [0.29, 0.717) is 12.2 Å². The second-order valence-electron chi connectivity index (χ2n) is 8.59. The van der Waals surface area contributed by atoms with Gasteiger partial charge >= 0.3 is 11.9 Å². The Hall–Kier alpha value is -3.54. The molecule has 3 atom stereocenters. The van der Waals surface area contributed by atoms with Crippen molar-refractivity contribution in [3.05, 3.63) is 84.5 Å². The van der Waals surface area contributed by atoms with Crippen molar-refractivity contribution < 1.29 is 23.8 Å². The van der Waals surface area contributed by atoms with Crippen LogP contribution in [0.1, 0.15) is 29.5 Å². The van der Waals surface area contributed by atoms with Crippen molar-refractivity contribution in [3.8, 4) is 5.75 Å². The van der Waals surface area contributed by atoms with E-state index in [9.17, 15) is 9.59 Å². The zero-order valence-corrected chi connectivity index (χ0v) is 19.0. The van der Waals surface area contributed by atoms with Crippen LogP contribution >= 0.6 is 0 Å². The Morgan fingerprint density at radius 1 is 1.12 bits per heavy atom. The summed E-state index contributed by atoms with van der Waals surface area (Å²) in [5, 5.41) is 3.70. The van der Waals surface area contributed by atoms with Crippen LogP contribution in [0, 0.1) is 11.8 Å². The van der Waals surface area contributed by atoms with Gasteiger partial charge in [-0.2, -0.15) is 0 Å². The van der Waals surface area contributed by atoms with Crippen molar-refractivity contribution in [1.29, 1.82) is 0 Å². The van der Waals surface area contributed by atoms with Crippen LogP contribution in [0.3, 0.4) is 0 Å². The molecule has 172 valence electrons. The fourth-order valence-electron chi connectivity index (χ4n) is 5.31. The third kappa shape index (κ3) is 3.90. The molecule has 2 aromatic carbocycles. The highest BCUT2D eigenvalue weighted by Gasteiger charge is 2.56. The van der Waals surface area contributed by atoms with Gasteiger partial charge in [0.15, 0.2) is 5.92 Å². The lowest BCUT2D eigenvalue weighted by Gasteiger charge is -2.46. The first-order valence-corrected chi connectivity index (χ1v) is 11.0. The zero-order chi connectivity index (χ0) is 23.6. The van der Waals surface area contributed by atoms with Crippen molar-refractivity contribution in [2.24, 2.45) is 11.8 Å². The predicted octanol–water partition coefficient (Wildman–Crippen LogP) is 4.37. The number of carbonyl (C=O) groups excluding carboxylic acids is 2. The van der Waals surface area contributed by atoms with E-state index in [1.54, 1.807) is 7.11 Å². The number of methoxy groups -OCH3 is 1. The van der Waals surface area contributed by atoms with Crippen LogP contribution in [0.4, 0.5) is 5.69 Å². The van der Waals surface area contributed by atoms with E-state index in [-0.39, 0.29) is 19.1 Å². The van der Waals surface area contributed by atoms with Crippen LogP contribution in [0.2, 0.25) is 0 Å². The normalized spacial score (nSPS) is 22.3. The van der Waals surface area contributed by atoms with Crippen molar-refractivity contribution in [3.63, 3.8) is 0 Å². The van der Waals surface area contributed by atoms with E-state index in [0.717, 1.165) is 11.3 Å². The minimum atomic E-state index is -1.14. The topological polar surface area (TPSA) is 73.9 Å². The molecular formula is C27H29NO5. The van der Waals surface area contributed by atoms with Crippen LogP contribution in [0.15, 0.2) is 67.8 Å². The number of hydrogen-bond acceptors (Lipinski definition) is 6. The molecule has 0 saturated heterocycles. The molecule has 1 aliphatic heterocycles. The Labute approximate surface area is 194 Å². The average molecular weight is 448 g/mol. The molecule has 33 heavy (non-hydrogen) atoms. The van der Waals surface area contributed by atoms with Crippen LogP contribution in [-0.2, 0) is 31.0 Å². The quantitative estimate of drug-likeness (QED) is 0.368. The van der Waals surface area contributed by atoms with Crippen LogP contribution < -0.4 is 10.1 Å². The first-order valence-electron chi connectivity index (χ1n) is 11.0. The number of anilines is 1. The number of hydrogen-bond donors (Lipinski definition) is 1. The Morgan fingerprint density at radius 2 is 1.79 bits per heavy atom. The molecule has 0 amide bonds. The average Bonchev–Trinajstić information content (AvgIpc) is 3.12. The summed E-state index contributed by atoms with van der Waals surface area (Å²) < 4.78 is 16.3. The lowest BCUT2D eigenvalue weighted by atomic mass is 9.65. The predicted molar refractivity (Wildman–Crippen MR) is 126 cm³/mol. The number of rotatable bonds is 8.